The van der Waals surface area contributed by atoms with Gasteiger partial charge in [0.15, 0.2) is 0 Å². The fourth-order valence-corrected chi connectivity index (χ4v) is 1.16. The average Bonchev–Trinajstić information content (AvgIpc) is 2.27. The lowest BCUT2D eigenvalue weighted by atomic mass is 9.92. The van der Waals surface area contributed by atoms with Gasteiger partial charge >= 0.3 is 10.4 Å². The third kappa shape index (κ3) is 7.03. The third-order valence-corrected chi connectivity index (χ3v) is 2.16. The number of rotatable bonds is 3. The highest BCUT2D eigenvalue weighted by Gasteiger charge is 2.25. The summed E-state index contributed by atoms with van der Waals surface area (Å²) in [6.07, 6.45) is 0.521. The fourth-order valence-electron chi connectivity index (χ4n) is 1.16. The van der Waals surface area contributed by atoms with E-state index >= 15 is 0 Å². The Labute approximate surface area is 100 Å². The van der Waals surface area contributed by atoms with Crippen molar-refractivity contribution in [2.75, 3.05) is 6.61 Å². The third-order valence-electron chi connectivity index (χ3n) is 2.16. The fraction of sp³-hybridized carbons (Fsp3) is 0.400. The van der Waals surface area contributed by atoms with E-state index in [1.165, 1.54) is 0 Å². The van der Waals surface area contributed by atoms with Crippen LogP contribution in [0.25, 0.3) is 0 Å². The van der Waals surface area contributed by atoms with Crippen LogP contribution in [-0.2, 0) is 16.0 Å². The maximum Gasteiger partial charge on any atom is 0.394 e. The SMILES string of the molecule is CCC(O)(CO)c1ccccc1.O=S(=O)(O)O. The van der Waals surface area contributed by atoms with Gasteiger partial charge in [-0.3, -0.25) is 9.11 Å². The van der Waals surface area contributed by atoms with E-state index in [1.54, 1.807) is 0 Å². The lowest BCUT2D eigenvalue weighted by Gasteiger charge is -2.24. The van der Waals surface area contributed by atoms with E-state index < -0.39 is 16.0 Å². The maximum absolute atomic E-state index is 9.85. The van der Waals surface area contributed by atoms with Crippen molar-refractivity contribution in [2.45, 2.75) is 18.9 Å². The Kier molecular flexibility index (Phi) is 6.29. The number of hydrogen-bond donors (Lipinski definition) is 4. The summed E-state index contributed by atoms with van der Waals surface area (Å²) >= 11 is 0. The zero-order chi connectivity index (χ0) is 13.5. The predicted molar refractivity (Wildman–Crippen MR) is 61.9 cm³/mol. The van der Waals surface area contributed by atoms with Crippen molar-refractivity contribution in [3.8, 4) is 0 Å². The summed E-state index contributed by atoms with van der Waals surface area (Å²) in [5, 5.41) is 18.8. The van der Waals surface area contributed by atoms with Crippen LogP contribution in [-0.4, -0.2) is 34.3 Å². The second kappa shape index (κ2) is 6.67. The molecule has 0 aliphatic rings. The van der Waals surface area contributed by atoms with E-state index in [4.69, 9.17) is 22.6 Å². The Balaban J connectivity index is 0.000000437. The molecule has 0 fully saturated rings. The average molecular weight is 264 g/mol. The molecule has 0 spiro atoms. The number of aliphatic hydroxyl groups is 2. The second-order valence-corrected chi connectivity index (χ2v) is 4.25. The molecule has 0 aromatic heterocycles. The lowest BCUT2D eigenvalue weighted by molar-refractivity contribution is -0.0222. The molecule has 1 unspecified atom stereocenters. The zero-order valence-electron chi connectivity index (χ0n) is 9.31. The summed E-state index contributed by atoms with van der Waals surface area (Å²) in [5.74, 6) is 0. The first-order valence-electron chi connectivity index (χ1n) is 4.81. The molecule has 0 bridgehead atoms. The topological polar surface area (TPSA) is 115 Å². The summed E-state index contributed by atoms with van der Waals surface area (Å²) < 4.78 is 31.6. The standard InChI is InChI=1S/C10H14O2.H2O4S/c1-2-10(12,8-11)9-6-4-3-5-7-9;1-5(2,3)4/h3-7,11-12H,2,8H2,1H3;(H2,1,2,3,4). The van der Waals surface area contributed by atoms with Crippen LogP contribution in [0.5, 0.6) is 0 Å². The van der Waals surface area contributed by atoms with Crippen LogP contribution in [0.1, 0.15) is 18.9 Å². The van der Waals surface area contributed by atoms with E-state index in [-0.39, 0.29) is 6.61 Å². The Morgan fingerprint density at radius 1 is 1.18 bits per heavy atom. The Morgan fingerprint density at radius 3 is 1.88 bits per heavy atom. The van der Waals surface area contributed by atoms with Crippen molar-refractivity contribution in [2.24, 2.45) is 0 Å². The predicted octanol–water partition coefficient (Wildman–Crippen LogP) is 0.624. The van der Waals surface area contributed by atoms with Gasteiger partial charge in [0.1, 0.15) is 5.60 Å². The Morgan fingerprint density at radius 2 is 1.59 bits per heavy atom. The van der Waals surface area contributed by atoms with Crippen LogP contribution >= 0.6 is 0 Å². The molecule has 0 radical (unpaired) electrons. The van der Waals surface area contributed by atoms with Gasteiger partial charge in [-0.15, -0.1) is 0 Å². The lowest BCUT2D eigenvalue weighted by Crippen LogP contribution is -2.28. The number of benzene rings is 1. The molecular weight excluding hydrogens is 248 g/mol. The molecule has 1 atom stereocenters. The van der Waals surface area contributed by atoms with E-state index in [1.807, 2.05) is 37.3 Å². The van der Waals surface area contributed by atoms with Crippen LogP contribution in [0.3, 0.4) is 0 Å². The van der Waals surface area contributed by atoms with Crippen molar-refractivity contribution in [3.05, 3.63) is 35.9 Å². The summed E-state index contributed by atoms with van der Waals surface area (Å²) in [6.45, 7) is 1.62. The minimum atomic E-state index is -4.67. The highest BCUT2D eigenvalue weighted by atomic mass is 32.3. The van der Waals surface area contributed by atoms with Gasteiger partial charge in [-0.05, 0) is 12.0 Å². The molecule has 7 heteroatoms. The van der Waals surface area contributed by atoms with E-state index in [0.29, 0.717) is 6.42 Å². The molecule has 0 aliphatic carbocycles. The number of aliphatic hydroxyl groups excluding tert-OH is 1. The summed E-state index contributed by atoms with van der Waals surface area (Å²) in [7, 11) is -4.67. The molecular formula is C10H16O6S. The second-order valence-electron chi connectivity index (χ2n) is 3.36. The minimum absolute atomic E-state index is 0.229. The van der Waals surface area contributed by atoms with Gasteiger partial charge in [0, 0.05) is 0 Å². The van der Waals surface area contributed by atoms with Gasteiger partial charge in [0.25, 0.3) is 0 Å². The Hall–Kier alpha value is -0.990. The van der Waals surface area contributed by atoms with Crippen LogP contribution in [0, 0.1) is 0 Å². The van der Waals surface area contributed by atoms with Crippen LogP contribution in [0.15, 0.2) is 30.3 Å². The summed E-state index contributed by atoms with van der Waals surface area (Å²) in [6, 6.07) is 9.23. The first kappa shape index (κ1) is 16.0. The summed E-state index contributed by atoms with van der Waals surface area (Å²) in [5.41, 5.74) is -0.295. The molecule has 17 heavy (non-hydrogen) atoms. The number of hydrogen-bond acceptors (Lipinski definition) is 4. The molecule has 1 aromatic carbocycles. The first-order chi connectivity index (χ1) is 7.73. The van der Waals surface area contributed by atoms with Crippen molar-refractivity contribution >= 4 is 10.4 Å². The molecule has 1 aromatic rings. The van der Waals surface area contributed by atoms with Crippen molar-refractivity contribution in [1.29, 1.82) is 0 Å². The van der Waals surface area contributed by atoms with Gasteiger partial charge in [0.05, 0.1) is 6.61 Å². The van der Waals surface area contributed by atoms with Crippen LogP contribution in [0.2, 0.25) is 0 Å². The maximum atomic E-state index is 9.85. The molecule has 0 heterocycles. The first-order valence-corrected chi connectivity index (χ1v) is 6.21. The van der Waals surface area contributed by atoms with Gasteiger partial charge in [-0.25, -0.2) is 0 Å². The molecule has 1 rings (SSSR count). The monoisotopic (exact) mass is 264 g/mol. The molecule has 0 saturated carbocycles. The van der Waals surface area contributed by atoms with Crippen molar-refractivity contribution < 1.29 is 27.7 Å². The quantitative estimate of drug-likeness (QED) is 0.595. The van der Waals surface area contributed by atoms with E-state index in [2.05, 4.69) is 0 Å². The molecule has 98 valence electrons. The van der Waals surface area contributed by atoms with E-state index in [9.17, 15) is 5.11 Å². The smallest absolute Gasteiger partial charge is 0.393 e. The van der Waals surface area contributed by atoms with Crippen molar-refractivity contribution in [1.82, 2.24) is 0 Å². The van der Waals surface area contributed by atoms with Gasteiger partial charge in [-0.2, -0.15) is 8.42 Å². The summed E-state index contributed by atoms with van der Waals surface area (Å²) in [4.78, 5) is 0. The molecule has 0 amide bonds. The Bertz CT molecular complexity index is 402. The molecule has 4 N–H and O–H groups in total. The van der Waals surface area contributed by atoms with Gasteiger partial charge in [0.2, 0.25) is 0 Å². The molecule has 6 nitrogen and oxygen atoms in total. The zero-order valence-corrected chi connectivity index (χ0v) is 10.1. The minimum Gasteiger partial charge on any atom is -0.393 e. The van der Waals surface area contributed by atoms with Crippen molar-refractivity contribution in [3.63, 3.8) is 0 Å². The highest BCUT2D eigenvalue weighted by molar-refractivity contribution is 7.79. The largest absolute Gasteiger partial charge is 0.394 e. The molecule has 0 saturated heterocycles. The highest BCUT2D eigenvalue weighted by Crippen LogP contribution is 2.23. The normalized spacial score (nSPS) is 14.4. The van der Waals surface area contributed by atoms with Crippen LogP contribution < -0.4 is 0 Å². The van der Waals surface area contributed by atoms with Gasteiger partial charge < -0.3 is 10.2 Å². The van der Waals surface area contributed by atoms with E-state index in [0.717, 1.165) is 5.56 Å². The van der Waals surface area contributed by atoms with Gasteiger partial charge in [-0.1, -0.05) is 37.3 Å². The molecule has 0 aliphatic heterocycles. The van der Waals surface area contributed by atoms with Crippen LogP contribution in [0.4, 0.5) is 0 Å².